The molecule has 0 rings (SSSR count). The molecule has 0 fully saturated rings. The zero-order chi connectivity index (χ0) is 10.2. The third-order valence-corrected chi connectivity index (χ3v) is 6.04. The zero-order valence-corrected chi connectivity index (χ0v) is 9.50. The fourth-order valence-electron chi connectivity index (χ4n) is 0.360. The Bertz CT molecular complexity index is 157. The van der Waals surface area contributed by atoms with E-state index in [4.69, 9.17) is 0 Å². The molecular weight excluding hydrogens is 385 g/mol. The van der Waals surface area contributed by atoms with Crippen molar-refractivity contribution in [1.82, 2.24) is 0 Å². The first kappa shape index (κ1) is 11.8. The standard InChI is InChI=1S/4CH2O2.Bi/c4*2-1-3;/h4*1H,(H,2,3);/q;;;;+4/p-4. The van der Waals surface area contributed by atoms with Crippen LogP contribution in [0.15, 0.2) is 0 Å². The second-order valence-electron chi connectivity index (χ2n) is 1.25. The van der Waals surface area contributed by atoms with Gasteiger partial charge in [-0.25, -0.2) is 0 Å². The molecule has 0 aromatic heterocycles. The van der Waals surface area contributed by atoms with E-state index in [0.29, 0.717) is 0 Å². The molecule has 0 atom stereocenters. The van der Waals surface area contributed by atoms with Gasteiger partial charge in [0, 0.05) is 0 Å². The average Bonchev–Trinajstić information content (AvgIpc) is 2.06. The van der Waals surface area contributed by atoms with Crippen molar-refractivity contribution in [3.05, 3.63) is 0 Å². The predicted octanol–water partition coefficient (Wildman–Crippen LogP) is -1.89. The van der Waals surface area contributed by atoms with Crippen molar-refractivity contribution in [3.8, 4) is 0 Å². The summed E-state index contributed by atoms with van der Waals surface area (Å²) in [5, 5.41) is 0. The summed E-state index contributed by atoms with van der Waals surface area (Å²) < 4.78 is 16.5. The van der Waals surface area contributed by atoms with Gasteiger partial charge in [0.15, 0.2) is 0 Å². The number of rotatable bonds is 8. The van der Waals surface area contributed by atoms with Crippen LogP contribution in [0.4, 0.5) is 0 Å². The van der Waals surface area contributed by atoms with E-state index in [1.807, 2.05) is 0 Å². The molecule has 0 aliphatic heterocycles. The fraction of sp³-hybridized carbons (Fsp3) is 0. The van der Waals surface area contributed by atoms with Crippen LogP contribution >= 0.6 is 0 Å². The molecule has 0 heterocycles. The first-order chi connectivity index (χ1) is 6.24. The molecular formula is C4H4BiO8. The molecule has 0 aliphatic rings. The van der Waals surface area contributed by atoms with Crippen LogP contribution in [-0.2, 0) is 30.4 Å². The summed E-state index contributed by atoms with van der Waals surface area (Å²) in [7, 11) is 0. The Morgan fingerprint density at radius 2 is 0.846 bits per heavy atom. The summed E-state index contributed by atoms with van der Waals surface area (Å²) in [6.07, 6.45) is 0. The maximum absolute atomic E-state index is 9.89. The summed E-state index contributed by atoms with van der Waals surface area (Å²) in [6.45, 7) is -0.576. The molecule has 13 heavy (non-hydrogen) atoms. The Balaban J connectivity index is 4.53. The summed E-state index contributed by atoms with van der Waals surface area (Å²) in [5.41, 5.74) is 0. The van der Waals surface area contributed by atoms with Crippen LogP contribution in [0.2, 0.25) is 0 Å². The van der Waals surface area contributed by atoms with Gasteiger partial charge < -0.3 is 0 Å². The maximum atomic E-state index is 9.89. The van der Waals surface area contributed by atoms with Gasteiger partial charge in [-0.15, -0.1) is 0 Å². The van der Waals surface area contributed by atoms with E-state index in [-0.39, 0.29) is 25.9 Å². The average molecular weight is 389 g/mol. The molecule has 73 valence electrons. The number of carbonyl (C=O) groups is 4. The van der Waals surface area contributed by atoms with Crippen molar-refractivity contribution < 1.29 is 30.4 Å². The quantitative estimate of drug-likeness (QED) is 0.351. The minimum atomic E-state index is -5.09. The van der Waals surface area contributed by atoms with Crippen molar-refractivity contribution in [2.45, 2.75) is 0 Å². The van der Waals surface area contributed by atoms with Crippen molar-refractivity contribution in [2.75, 3.05) is 0 Å². The molecule has 9 heteroatoms. The summed E-state index contributed by atoms with van der Waals surface area (Å²) in [4.78, 5) is 39.6. The predicted molar refractivity (Wildman–Crippen MR) is 34.4 cm³/mol. The topological polar surface area (TPSA) is 105 Å². The Morgan fingerprint density at radius 3 is 1.00 bits per heavy atom. The summed E-state index contributed by atoms with van der Waals surface area (Å²) >= 11 is -5.09. The van der Waals surface area contributed by atoms with Crippen LogP contribution in [-0.4, -0.2) is 47.9 Å². The molecule has 0 bridgehead atoms. The van der Waals surface area contributed by atoms with E-state index in [9.17, 15) is 19.2 Å². The Hall–Kier alpha value is -1.24. The first-order valence-corrected chi connectivity index (χ1v) is 8.29. The summed E-state index contributed by atoms with van der Waals surface area (Å²) in [6, 6.07) is 0. The zero-order valence-electron chi connectivity index (χ0n) is 6.02. The number of hydrogen-bond acceptors (Lipinski definition) is 8. The van der Waals surface area contributed by atoms with E-state index in [1.165, 1.54) is 0 Å². The molecule has 0 unspecified atom stereocenters. The Kier molecular flexibility index (Phi) is 5.70. The second kappa shape index (κ2) is 6.30. The van der Waals surface area contributed by atoms with Gasteiger partial charge in [-0.2, -0.15) is 0 Å². The number of carbonyl (C=O) groups excluding carboxylic acids is 4. The van der Waals surface area contributed by atoms with Gasteiger partial charge >= 0.3 is 78.3 Å². The van der Waals surface area contributed by atoms with Gasteiger partial charge in [0.05, 0.1) is 0 Å². The molecule has 0 saturated heterocycles. The van der Waals surface area contributed by atoms with E-state index in [1.54, 1.807) is 0 Å². The first-order valence-electron chi connectivity index (χ1n) is 2.62. The SMILES string of the molecule is O=C[O][Bi]([O]C=O)([O]C=O)[O]C=O. The van der Waals surface area contributed by atoms with E-state index in [2.05, 4.69) is 11.3 Å². The van der Waals surface area contributed by atoms with E-state index in [0.717, 1.165) is 0 Å². The van der Waals surface area contributed by atoms with Gasteiger partial charge in [-0.05, 0) is 0 Å². The van der Waals surface area contributed by atoms with Gasteiger partial charge in [0.25, 0.3) is 0 Å². The van der Waals surface area contributed by atoms with Gasteiger partial charge in [0.2, 0.25) is 0 Å². The second-order valence-corrected chi connectivity index (χ2v) is 8.01. The third-order valence-electron chi connectivity index (χ3n) is 0.689. The summed E-state index contributed by atoms with van der Waals surface area (Å²) in [5.74, 6) is 0. The third kappa shape index (κ3) is 3.79. The molecule has 0 saturated carbocycles. The van der Waals surface area contributed by atoms with Crippen molar-refractivity contribution in [1.29, 1.82) is 0 Å². The van der Waals surface area contributed by atoms with Crippen LogP contribution < -0.4 is 0 Å². The molecule has 0 aromatic carbocycles. The molecule has 0 aromatic rings. The molecule has 0 N–H and O–H groups in total. The van der Waals surface area contributed by atoms with Crippen LogP contribution in [0.5, 0.6) is 0 Å². The van der Waals surface area contributed by atoms with Crippen LogP contribution in [0, 0.1) is 0 Å². The molecule has 0 spiro atoms. The van der Waals surface area contributed by atoms with Gasteiger partial charge in [0.1, 0.15) is 0 Å². The van der Waals surface area contributed by atoms with Crippen molar-refractivity contribution in [2.24, 2.45) is 0 Å². The molecule has 0 amide bonds. The van der Waals surface area contributed by atoms with Crippen LogP contribution in [0.3, 0.4) is 0 Å². The van der Waals surface area contributed by atoms with Crippen molar-refractivity contribution in [3.63, 3.8) is 0 Å². The fourth-order valence-corrected chi connectivity index (χ4v) is 3.16. The minimum absolute atomic E-state index is 0.144. The molecule has 8 nitrogen and oxygen atoms in total. The number of hydrogen-bond donors (Lipinski definition) is 0. The Morgan fingerprint density at radius 1 is 0.615 bits per heavy atom. The van der Waals surface area contributed by atoms with Gasteiger partial charge in [-0.3, -0.25) is 0 Å². The van der Waals surface area contributed by atoms with Crippen molar-refractivity contribution >= 4 is 47.9 Å². The van der Waals surface area contributed by atoms with E-state index < -0.39 is 22.0 Å². The Labute approximate surface area is 78.6 Å². The van der Waals surface area contributed by atoms with E-state index >= 15 is 0 Å². The molecule has 0 aliphatic carbocycles. The monoisotopic (exact) mass is 389 g/mol. The van der Waals surface area contributed by atoms with Crippen LogP contribution in [0.1, 0.15) is 0 Å². The van der Waals surface area contributed by atoms with Crippen LogP contribution in [0.25, 0.3) is 0 Å². The van der Waals surface area contributed by atoms with Gasteiger partial charge in [-0.1, -0.05) is 0 Å². The normalized spacial score (nSPS) is 9.23. The molecule has 1 radical (unpaired) electrons.